The van der Waals surface area contributed by atoms with Gasteiger partial charge in [0, 0.05) is 6.07 Å². The van der Waals surface area contributed by atoms with Crippen LogP contribution in [0.1, 0.15) is 37.7 Å². The Morgan fingerprint density at radius 2 is 1.95 bits per heavy atom. The molecule has 5 nitrogen and oxygen atoms in total. The summed E-state index contributed by atoms with van der Waals surface area (Å²) in [6.45, 7) is 0. The Labute approximate surface area is 120 Å². The number of rotatable bonds is 4. The van der Waals surface area contributed by atoms with E-state index in [4.69, 9.17) is 20.3 Å². The minimum Gasteiger partial charge on any atom is -0.497 e. The molecule has 0 bridgehead atoms. The lowest BCUT2D eigenvalue weighted by Crippen LogP contribution is -2.33. The molecule has 0 saturated heterocycles. The van der Waals surface area contributed by atoms with Crippen molar-refractivity contribution in [2.75, 3.05) is 14.2 Å². The monoisotopic (exact) mass is 277 g/mol. The number of benzene rings is 1. The number of methoxy groups -OCH3 is 2. The third kappa shape index (κ3) is 3.42. The summed E-state index contributed by atoms with van der Waals surface area (Å²) in [4.78, 5) is 4.75. The van der Waals surface area contributed by atoms with Crippen LogP contribution in [0.2, 0.25) is 0 Å². The summed E-state index contributed by atoms with van der Waals surface area (Å²) in [5, 5.41) is 0. The second-order valence-electron chi connectivity index (χ2n) is 4.98. The van der Waals surface area contributed by atoms with Gasteiger partial charge in [-0.25, -0.2) is 5.84 Å². The van der Waals surface area contributed by atoms with Crippen LogP contribution >= 0.6 is 0 Å². The Bertz CT molecular complexity index is 468. The first kappa shape index (κ1) is 14.7. The lowest BCUT2D eigenvalue weighted by molar-refractivity contribution is 0.393. The number of ether oxygens (including phenoxy) is 2. The predicted molar refractivity (Wildman–Crippen MR) is 80.3 cm³/mol. The molecule has 3 N–H and O–H groups in total. The fourth-order valence-electron chi connectivity index (χ4n) is 2.57. The molecule has 110 valence electrons. The zero-order valence-corrected chi connectivity index (χ0v) is 12.2. The number of aliphatic imine (C=N–C) groups is 1. The molecule has 1 aliphatic rings. The van der Waals surface area contributed by atoms with Gasteiger partial charge in [0.1, 0.15) is 17.3 Å². The first-order valence-corrected chi connectivity index (χ1v) is 7.05. The molecule has 0 spiro atoms. The summed E-state index contributed by atoms with van der Waals surface area (Å²) in [6.07, 6.45) is 6.05. The molecular weight excluding hydrogens is 254 g/mol. The average molecular weight is 277 g/mol. The molecule has 5 heteroatoms. The van der Waals surface area contributed by atoms with Crippen LogP contribution in [-0.4, -0.2) is 26.1 Å². The van der Waals surface area contributed by atoms with Gasteiger partial charge in [0.05, 0.1) is 25.8 Å². The molecule has 1 fully saturated rings. The maximum absolute atomic E-state index is 5.65. The molecule has 0 heterocycles. The molecule has 0 amide bonds. The van der Waals surface area contributed by atoms with E-state index >= 15 is 0 Å². The van der Waals surface area contributed by atoms with Crippen molar-refractivity contribution in [2.45, 2.75) is 38.1 Å². The van der Waals surface area contributed by atoms with Crippen molar-refractivity contribution < 1.29 is 9.47 Å². The third-order valence-electron chi connectivity index (χ3n) is 3.69. The predicted octanol–water partition coefficient (Wildman–Crippen LogP) is 2.25. The van der Waals surface area contributed by atoms with Crippen molar-refractivity contribution in [1.29, 1.82) is 0 Å². The van der Waals surface area contributed by atoms with E-state index in [9.17, 15) is 0 Å². The van der Waals surface area contributed by atoms with Gasteiger partial charge in [0.15, 0.2) is 0 Å². The van der Waals surface area contributed by atoms with Crippen molar-refractivity contribution in [2.24, 2.45) is 10.8 Å². The van der Waals surface area contributed by atoms with Crippen molar-refractivity contribution >= 4 is 5.84 Å². The molecule has 0 unspecified atom stereocenters. The van der Waals surface area contributed by atoms with Gasteiger partial charge in [-0.2, -0.15) is 0 Å². The lowest BCUT2D eigenvalue weighted by atomic mass is 9.96. The van der Waals surface area contributed by atoms with E-state index in [1.165, 1.54) is 19.3 Å². The minimum atomic E-state index is 0.349. The van der Waals surface area contributed by atoms with Crippen LogP contribution in [0.4, 0.5) is 0 Å². The quantitative estimate of drug-likeness (QED) is 0.383. The summed E-state index contributed by atoms with van der Waals surface area (Å²) >= 11 is 0. The Balaban J connectivity index is 2.28. The van der Waals surface area contributed by atoms with Crippen LogP contribution in [0.5, 0.6) is 11.5 Å². The fraction of sp³-hybridized carbons (Fsp3) is 0.533. The van der Waals surface area contributed by atoms with E-state index in [0.717, 1.165) is 24.2 Å². The standard InChI is InChI=1S/C15H23N3O2/c1-19-12-8-9-13(14(10-12)20-2)15(18-16)17-11-6-4-3-5-7-11/h8-11H,3-7,16H2,1-2H3,(H,17,18). The fourth-order valence-corrected chi connectivity index (χ4v) is 2.57. The number of hydrogen-bond acceptors (Lipinski definition) is 4. The van der Waals surface area contributed by atoms with Crippen LogP contribution in [0.3, 0.4) is 0 Å². The molecular formula is C15H23N3O2. The van der Waals surface area contributed by atoms with Gasteiger partial charge >= 0.3 is 0 Å². The van der Waals surface area contributed by atoms with Crippen LogP contribution in [-0.2, 0) is 0 Å². The van der Waals surface area contributed by atoms with Crippen molar-refractivity contribution in [3.8, 4) is 11.5 Å². The Hall–Kier alpha value is -1.75. The van der Waals surface area contributed by atoms with E-state index in [1.54, 1.807) is 14.2 Å². The van der Waals surface area contributed by atoms with E-state index in [2.05, 4.69) is 5.43 Å². The second-order valence-corrected chi connectivity index (χ2v) is 4.98. The Morgan fingerprint density at radius 1 is 1.20 bits per heavy atom. The topological polar surface area (TPSA) is 68.9 Å². The van der Waals surface area contributed by atoms with Gasteiger partial charge in [-0.3, -0.25) is 4.99 Å². The van der Waals surface area contributed by atoms with Gasteiger partial charge in [-0.05, 0) is 25.0 Å². The van der Waals surface area contributed by atoms with Crippen LogP contribution in [0, 0.1) is 0 Å². The molecule has 20 heavy (non-hydrogen) atoms. The number of amidine groups is 1. The molecule has 0 radical (unpaired) electrons. The van der Waals surface area contributed by atoms with E-state index in [0.29, 0.717) is 17.6 Å². The number of nitrogens with zero attached hydrogens (tertiary/aromatic N) is 1. The van der Waals surface area contributed by atoms with Gasteiger partial charge in [0.25, 0.3) is 0 Å². The molecule has 1 saturated carbocycles. The summed E-state index contributed by atoms with van der Waals surface area (Å²) in [7, 11) is 3.26. The van der Waals surface area contributed by atoms with Gasteiger partial charge in [0.2, 0.25) is 0 Å². The van der Waals surface area contributed by atoms with Crippen molar-refractivity contribution in [3.05, 3.63) is 23.8 Å². The summed E-state index contributed by atoms with van der Waals surface area (Å²) in [5.41, 5.74) is 3.57. The number of hydrogen-bond donors (Lipinski definition) is 2. The van der Waals surface area contributed by atoms with E-state index in [-0.39, 0.29) is 0 Å². The normalized spacial score (nSPS) is 16.9. The second kappa shape index (κ2) is 7.14. The molecule has 0 aliphatic heterocycles. The number of nitrogens with one attached hydrogen (secondary N) is 1. The van der Waals surface area contributed by atoms with Crippen molar-refractivity contribution in [1.82, 2.24) is 5.43 Å². The van der Waals surface area contributed by atoms with Gasteiger partial charge in [-0.1, -0.05) is 19.3 Å². The average Bonchev–Trinajstić information content (AvgIpc) is 2.53. The highest BCUT2D eigenvalue weighted by Crippen LogP contribution is 2.26. The zero-order chi connectivity index (χ0) is 14.4. The maximum atomic E-state index is 5.65. The summed E-state index contributed by atoms with van der Waals surface area (Å²) in [5.74, 6) is 7.78. The molecule has 1 aromatic carbocycles. The Morgan fingerprint density at radius 3 is 2.55 bits per heavy atom. The SMILES string of the molecule is COc1ccc(C(=NC2CCCCC2)NN)c(OC)c1. The zero-order valence-electron chi connectivity index (χ0n) is 12.2. The Kier molecular flexibility index (Phi) is 5.24. The molecule has 1 aliphatic carbocycles. The first-order valence-electron chi connectivity index (χ1n) is 7.05. The van der Waals surface area contributed by atoms with E-state index in [1.807, 2.05) is 18.2 Å². The number of nitrogens with two attached hydrogens (primary N) is 1. The summed E-state index contributed by atoms with van der Waals surface area (Å²) in [6, 6.07) is 5.98. The largest absolute Gasteiger partial charge is 0.497 e. The third-order valence-corrected chi connectivity index (χ3v) is 3.69. The first-order chi connectivity index (χ1) is 9.78. The highest BCUT2D eigenvalue weighted by atomic mass is 16.5. The highest BCUT2D eigenvalue weighted by molar-refractivity contribution is 6.01. The smallest absolute Gasteiger partial charge is 0.146 e. The van der Waals surface area contributed by atoms with Crippen LogP contribution < -0.4 is 20.7 Å². The van der Waals surface area contributed by atoms with E-state index < -0.39 is 0 Å². The van der Waals surface area contributed by atoms with Crippen molar-refractivity contribution in [3.63, 3.8) is 0 Å². The van der Waals surface area contributed by atoms with Crippen LogP contribution in [0.15, 0.2) is 23.2 Å². The van der Waals surface area contributed by atoms with Gasteiger partial charge in [-0.15, -0.1) is 0 Å². The number of hydrazine groups is 1. The summed E-state index contributed by atoms with van der Waals surface area (Å²) < 4.78 is 10.6. The highest BCUT2D eigenvalue weighted by Gasteiger charge is 2.16. The molecule has 0 aromatic heterocycles. The molecule has 2 rings (SSSR count). The minimum absolute atomic E-state index is 0.349. The lowest BCUT2D eigenvalue weighted by Gasteiger charge is -2.20. The van der Waals surface area contributed by atoms with Gasteiger partial charge < -0.3 is 14.9 Å². The van der Waals surface area contributed by atoms with Crippen LogP contribution in [0.25, 0.3) is 0 Å². The maximum Gasteiger partial charge on any atom is 0.146 e. The molecule has 1 aromatic rings. The molecule has 0 atom stereocenters.